The van der Waals surface area contributed by atoms with Crippen LogP contribution in [0, 0.1) is 11.8 Å². The first-order valence-electron chi connectivity index (χ1n) is 12.2. The van der Waals surface area contributed by atoms with Crippen LogP contribution < -0.4 is 10.2 Å². The monoisotopic (exact) mass is 439 g/mol. The Morgan fingerprint density at radius 3 is 2.78 bits per heavy atom. The lowest BCUT2D eigenvalue weighted by atomic mass is 9.97. The number of rotatable bonds is 5. The number of aromatic nitrogens is 4. The third kappa shape index (κ3) is 4.42. The average Bonchev–Trinajstić information content (AvgIpc) is 3.36. The zero-order valence-electron chi connectivity index (χ0n) is 18.7. The summed E-state index contributed by atoms with van der Waals surface area (Å²) in [5.74, 6) is 1.18. The van der Waals surface area contributed by atoms with Gasteiger partial charge >= 0.3 is 0 Å². The van der Waals surface area contributed by atoms with Gasteiger partial charge in [-0.3, -0.25) is 14.0 Å². The third-order valence-corrected chi connectivity index (χ3v) is 7.38. The molecule has 1 saturated carbocycles. The lowest BCUT2D eigenvalue weighted by Gasteiger charge is -2.33. The number of hydrogen-bond donors (Lipinski definition) is 1. The van der Waals surface area contributed by atoms with Gasteiger partial charge in [0.1, 0.15) is 6.33 Å². The molecular weight excluding hydrogens is 406 g/mol. The van der Waals surface area contributed by atoms with Crippen molar-refractivity contribution in [3.05, 3.63) is 18.7 Å². The van der Waals surface area contributed by atoms with Gasteiger partial charge in [0.15, 0.2) is 5.82 Å². The van der Waals surface area contributed by atoms with E-state index in [1.165, 1.54) is 25.7 Å². The Kier molecular flexibility index (Phi) is 6.23. The van der Waals surface area contributed by atoms with Gasteiger partial charge in [-0.15, -0.1) is 10.2 Å². The maximum Gasteiger partial charge on any atom is 0.225 e. The number of amides is 2. The van der Waals surface area contributed by atoms with E-state index in [-0.39, 0.29) is 17.7 Å². The third-order valence-electron chi connectivity index (χ3n) is 7.38. The molecule has 9 nitrogen and oxygen atoms in total. The standard InChI is InChI=1S/C23H33N7O2/c31-20-12-18(15-30(20)19-7-3-1-2-4-8-19)23(32)25-13-17-6-5-10-28(14-17)21-22-27-26-16-29(22)11-9-24-21/h9,11,16-19H,1-8,10,12-15H2,(H,25,32)/t17-,18+/m0/s1. The van der Waals surface area contributed by atoms with Gasteiger partial charge in [-0.1, -0.05) is 25.7 Å². The summed E-state index contributed by atoms with van der Waals surface area (Å²) in [6.45, 7) is 2.99. The molecule has 0 aromatic carbocycles. The minimum atomic E-state index is -0.211. The Bertz CT molecular complexity index is 953. The molecule has 2 amide bonds. The maximum atomic E-state index is 12.9. The van der Waals surface area contributed by atoms with Gasteiger partial charge in [-0.05, 0) is 31.6 Å². The molecule has 0 spiro atoms. The van der Waals surface area contributed by atoms with Crippen LogP contribution in [0.5, 0.6) is 0 Å². The number of piperidine rings is 1. The molecule has 32 heavy (non-hydrogen) atoms. The number of anilines is 1. The normalized spacial score (nSPS) is 25.3. The van der Waals surface area contributed by atoms with Crippen LogP contribution in [-0.4, -0.2) is 68.5 Å². The van der Waals surface area contributed by atoms with Crippen LogP contribution in [0.25, 0.3) is 5.65 Å². The summed E-state index contributed by atoms with van der Waals surface area (Å²) in [6, 6.07) is 0.335. The largest absolute Gasteiger partial charge is 0.355 e. The van der Waals surface area contributed by atoms with Crippen molar-refractivity contribution in [2.24, 2.45) is 11.8 Å². The number of hydrogen-bond acceptors (Lipinski definition) is 6. The zero-order valence-corrected chi connectivity index (χ0v) is 18.7. The van der Waals surface area contributed by atoms with E-state index in [9.17, 15) is 9.59 Å². The topological polar surface area (TPSA) is 95.7 Å². The van der Waals surface area contributed by atoms with Gasteiger partial charge < -0.3 is 15.1 Å². The van der Waals surface area contributed by atoms with Crippen molar-refractivity contribution < 1.29 is 9.59 Å². The van der Waals surface area contributed by atoms with E-state index in [4.69, 9.17) is 0 Å². The maximum absolute atomic E-state index is 12.9. The van der Waals surface area contributed by atoms with Crippen LogP contribution in [0.4, 0.5) is 5.82 Å². The molecule has 1 aliphatic carbocycles. The summed E-state index contributed by atoms with van der Waals surface area (Å²) in [7, 11) is 0. The number of nitrogens with one attached hydrogen (secondary N) is 1. The first-order valence-corrected chi connectivity index (χ1v) is 12.2. The SMILES string of the molecule is O=C(NC[C@@H]1CCCN(c2nccn3cnnc23)C1)[C@@H]1CC(=O)N(C2CCCCCC2)C1. The fraction of sp³-hybridized carbons (Fsp3) is 0.696. The van der Waals surface area contributed by atoms with Crippen molar-refractivity contribution in [1.29, 1.82) is 0 Å². The highest BCUT2D eigenvalue weighted by Crippen LogP contribution is 2.28. The Balaban J connectivity index is 1.15. The van der Waals surface area contributed by atoms with E-state index in [1.54, 1.807) is 12.5 Å². The zero-order chi connectivity index (χ0) is 21.9. The van der Waals surface area contributed by atoms with Crippen LogP contribution in [0.3, 0.4) is 0 Å². The summed E-state index contributed by atoms with van der Waals surface area (Å²) in [5.41, 5.74) is 0.764. The van der Waals surface area contributed by atoms with Gasteiger partial charge in [-0.2, -0.15) is 0 Å². The van der Waals surface area contributed by atoms with Crippen molar-refractivity contribution in [3.63, 3.8) is 0 Å². The summed E-state index contributed by atoms with van der Waals surface area (Å²) >= 11 is 0. The first-order chi connectivity index (χ1) is 15.7. The Hall–Kier alpha value is -2.71. The van der Waals surface area contributed by atoms with Crippen LogP contribution >= 0.6 is 0 Å². The van der Waals surface area contributed by atoms with Gasteiger partial charge in [0.25, 0.3) is 0 Å². The summed E-state index contributed by atoms with van der Waals surface area (Å²) in [6.07, 6.45) is 14.9. The van der Waals surface area contributed by atoms with Crippen molar-refractivity contribution in [2.45, 2.75) is 63.8 Å². The second-order valence-electron chi connectivity index (χ2n) is 9.60. The number of carbonyl (C=O) groups is 2. The van der Waals surface area contributed by atoms with Crippen molar-refractivity contribution in [2.75, 3.05) is 31.1 Å². The summed E-state index contributed by atoms with van der Waals surface area (Å²) in [5, 5.41) is 11.4. The van der Waals surface area contributed by atoms with E-state index < -0.39 is 0 Å². The van der Waals surface area contributed by atoms with Gasteiger partial charge in [0.2, 0.25) is 17.5 Å². The van der Waals surface area contributed by atoms with Gasteiger partial charge in [0, 0.05) is 51.0 Å². The molecule has 5 rings (SSSR count). The molecule has 2 atom stereocenters. The second-order valence-corrected chi connectivity index (χ2v) is 9.60. The highest BCUT2D eigenvalue weighted by Gasteiger charge is 2.38. The van der Waals surface area contributed by atoms with Crippen molar-refractivity contribution >= 4 is 23.3 Å². The van der Waals surface area contributed by atoms with Crippen LogP contribution in [0.2, 0.25) is 0 Å². The molecule has 9 heteroatoms. The predicted octanol–water partition coefficient (Wildman–Crippen LogP) is 2.03. The van der Waals surface area contributed by atoms with E-state index >= 15 is 0 Å². The molecule has 1 N–H and O–H groups in total. The molecule has 3 aliphatic rings. The molecule has 4 heterocycles. The Morgan fingerprint density at radius 2 is 1.94 bits per heavy atom. The second kappa shape index (κ2) is 9.42. The highest BCUT2D eigenvalue weighted by molar-refractivity contribution is 5.89. The number of fused-ring (bicyclic) bond motifs is 1. The lowest BCUT2D eigenvalue weighted by Crippen LogP contribution is -2.43. The first kappa shape index (κ1) is 21.2. The van der Waals surface area contributed by atoms with Crippen LogP contribution in [0.15, 0.2) is 18.7 Å². The number of likely N-dealkylation sites (tertiary alicyclic amines) is 1. The van der Waals surface area contributed by atoms with Gasteiger partial charge in [0.05, 0.1) is 5.92 Å². The molecule has 2 aromatic heterocycles. The van der Waals surface area contributed by atoms with Crippen molar-refractivity contribution in [1.82, 2.24) is 29.8 Å². The predicted molar refractivity (Wildman–Crippen MR) is 120 cm³/mol. The van der Waals surface area contributed by atoms with Gasteiger partial charge in [-0.25, -0.2) is 4.98 Å². The molecular formula is C23H33N7O2. The molecule has 2 aromatic rings. The van der Waals surface area contributed by atoms with Crippen LogP contribution in [-0.2, 0) is 9.59 Å². The molecule has 3 fully saturated rings. The summed E-state index contributed by atoms with van der Waals surface area (Å²) in [4.78, 5) is 34.3. The van der Waals surface area contributed by atoms with Crippen molar-refractivity contribution in [3.8, 4) is 0 Å². The molecule has 2 aliphatic heterocycles. The molecule has 0 radical (unpaired) electrons. The van der Waals surface area contributed by atoms with E-state index in [1.807, 2.05) is 15.5 Å². The minimum Gasteiger partial charge on any atom is -0.355 e. The Labute approximate surface area is 188 Å². The minimum absolute atomic E-state index is 0.0317. The van der Waals surface area contributed by atoms with E-state index in [0.29, 0.717) is 31.5 Å². The molecule has 2 saturated heterocycles. The number of carbonyl (C=O) groups excluding carboxylic acids is 2. The molecule has 172 valence electrons. The summed E-state index contributed by atoms with van der Waals surface area (Å²) < 4.78 is 1.88. The van der Waals surface area contributed by atoms with E-state index in [2.05, 4.69) is 25.4 Å². The highest BCUT2D eigenvalue weighted by atomic mass is 16.2. The number of nitrogens with zero attached hydrogens (tertiary/aromatic N) is 6. The Morgan fingerprint density at radius 1 is 1.09 bits per heavy atom. The fourth-order valence-electron chi connectivity index (χ4n) is 5.61. The van der Waals surface area contributed by atoms with E-state index in [0.717, 1.165) is 50.2 Å². The van der Waals surface area contributed by atoms with Crippen LogP contribution in [0.1, 0.15) is 57.8 Å². The average molecular weight is 440 g/mol. The quantitative estimate of drug-likeness (QED) is 0.716. The molecule has 0 unspecified atom stereocenters. The molecule has 0 bridgehead atoms. The fourth-order valence-corrected chi connectivity index (χ4v) is 5.61. The lowest BCUT2D eigenvalue weighted by molar-refractivity contribution is -0.130. The smallest absolute Gasteiger partial charge is 0.225 e.